The third kappa shape index (κ3) is 4.96. The first-order chi connectivity index (χ1) is 9.62. The molecule has 1 rings (SSSR count). The zero-order valence-electron chi connectivity index (χ0n) is 12.2. The standard InChI is InChI=1S/C15H22O4S/c1-4-5-6-7-20-14-10-12(18-2)11(9-15(16)17)8-13(14)19-3/h8,10H,4-7,9H2,1-3H3,(H,16,17)/p-1. The molecule has 0 fully saturated rings. The van der Waals surface area contributed by atoms with E-state index in [-0.39, 0.29) is 6.42 Å². The van der Waals surface area contributed by atoms with Gasteiger partial charge in [-0.05, 0) is 24.3 Å². The molecule has 1 aromatic rings. The van der Waals surface area contributed by atoms with Crippen molar-refractivity contribution in [2.24, 2.45) is 0 Å². The van der Waals surface area contributed by atoms with Crippen LogP contribution in [-0.4, -0.2) is 25.9 Å². The van der Waals surface area contributed by atoms with Gasteiger partial charge in [-0.2, -0.15) is 0 Å². The van der Waals surface area contributed by atoms with Gasteiger partial charge in [0, 0.05) is 18.0 Å². The van der Waals surface area contributed by atoms with Gasteiger partial charge in [0.2, 0.25) is 0 Å². The highest BCUT2D eigenvalue weighted by molar-refractivity contribution is 7.99. The largest absolute Gasteiger partial charge is 0.550 e. The van der Waals surface area contributed by atoms with Crippen LogP contribution in [0.1, 0.15) is 31.7 Å². The molecule has 0 saturated carbocycles. The topological polar surface area (TPSA) is 58.6 Å². The Kier molecular flexibility index (Phi) is 7.30. The van der Waals surface area contributed by atoms with Crippen LogP contribution >= 0.6 is 11.8 Å². The maximum Gasteiger partial charge on any atom is 0.132 e. The summed E-state index contributed by atoms with van der Waals surface area (Å²) >= 11 is 1.70. The zero-order chi connectivity index (χ0) is 15.0. The molecule has 5 heteroatoms. The fraction of sp³-hybridized carbons (Fsp3) is 0.533. The molecule has 0 aliphatic heterocycles. The predicted molar refractivity (Wildman–Crippen MR) is 78.5 cm³/mol. The molecule has 4 nitrogen and oxygen atoms in total. The lowest BCUT2D eigenvalue weighted by molar-refractivity contribution is -0.304. The Morgan fingerprint density at radius 3 is 2.45 bits per heavy atom. The van der Waals surface area contributed by atoms with E-state index in [1.807, 2.05) is 6.07 Å². The molecule has 0 bridgehead atoms. The van der Waals surface area contributed by atoms with Crippen molar-refractivity contribution in [3.05, 3.63) is 17.7 Å². The van der Waals surface area contributed by atoms with Crippen molar-refractivity contribution in [2.75, 3.05) is 20.0 Å². The Hall–Kier alpha value is -1.36. The molecule has 0 unspecified atom stereocenters. The molecular weight excluding hydrogens is 276 g/mol. The molecule has 0 heterocycles. The highest BCUT2D eigenvalue weighted by Crippen LogP contribution is 2.36. The van der Waals surface area contributed by atoms with Crippen LogP contribution in [0.5, 0.6) is 11.5 Å². The number of unbranched alkanes of at least 4 members (excludes halogenated alkanes) is 2. The van der Waals surface area contributed by atoms with Crippen molar-refractivity contribution in [2.45, 2.75) is 37.5 Å². The van der Waals surface area contributed by atoms with Gasteiger partial charge in [-0.25, -0.2) is 0 Å². The van der Waals surface area contributed by atoms with Crippen LogP contribution in [0.4, 0.5) is 0 Å². The van der Waals surface area contributed by atoms with E-state index in [4.69, 9.17) is 9.47 Å². The summed E-state index contributed by atoms with van der Waals surface area (Å²) in [5, 5.41) is 10.8. The summed E-state index contributed by atoms with van der Waals surface area (Å²) in [5.74, 6) is 1.12. The van der Waals surface area contributed by atoms with E-state index in [0.717, 1.165) is 17.1 Å². The number of rotatable bonds is 9. The fourth-order valence-corrected chi connectivity index (χ4v) is 2.92. The number of benzene rings is 1. The van der Waals surface area contributed by atoms with Gasteiger partial charge in [0.15, 0.2) is 0 Å². The second-order valence-electron chi connectivity index (χ2n) is 4.42. The molecule has 0 amide bonds. The van der Waals surface area contributed by atoms with Crippen LogP contribution in [0.15, 0.2) is 17.0 Å². The summed E-state index contributed by atoms with van der Waals surface area (Å²) < 4.78 is 10.6. The Labute approximate surface area is 124 Å². The van der Waals surface area contributed by atoms with Crippen LogP contribution in [0.3, 0.4) is 0 Å². The molecule has 0 aliphatic carbocycles. The van der Waals surface area contributed by atoms with E-state index in [9.17, 15) is 9.90 Å². The van der Waals surface area contributed by atoms with Crippen molar-refractivity contribution < 1.29 is 19.4 Å². The second-order valence-corrected chi connectivity index (χ2v) is 5.56. The van der Waals surface area contributed by atoms with E-state index >= 15 is 0 Å². The lowest BCUT2D eigenvalue weighted by atomic mass is 10.1. The van der Waals surface area contributed by atoms with Crippen LogP contribution in [0.2, 0.25) is 0 Å². The summed E-state index contributed by atoms with van der Waals surface area (Å²) in [6.45, 7) is 2.17. The van der Waals surface area contributed by atoms with Gasteiger partial charge in [-0.1, -0.05) is 19.8 Å². The van der Waals surface area contributed by atoms with Crippen LogP contribution in [0.25, 0.3) is 0 Å². The Balaban J connectivity index is 2.90. The lowest BCUT2D eigenvalue weighted by Crippen LogP contribution is -2.24. The monoisotopic (exact) mass is 297 g/mol. The summed E-state index contributed by atoms with van der Waals surface area (Å²) in [6.07, 6.45) is 3.36. The summed E-state index contributed by atoms with van der Waals surface area (Å²) in [7, 11) is 3.12. The van der Waals surface area contributed by atoms with E-state index < -0.39 is 5.97 Å². The average molecular weight is 297 g/mol. The van der Waals surface area contributed by atoms with Crippen LogP contribution in [0, 0.1) is 0 Å². The first kappa shape index (κ1) is 16.7. The summed E-state index contributed by atoms with van der Waals surface area (Å²) in [6, 6.07) is 3.56. The maximum absolute atomic E-state index is 10.8. The predicted octanol–water partition coefficient (Wildman–Crippen LogP) is 2.28. The highest BCUT2D eigenvalue weighted by atomic mass is 32.2. The average Bonchev–Trinajstić information content (AvgIpc) is 2.43. The second kappa shape index (κ2) is 8.74. The number of carboxylic acids is 1. The molecule has 0 spiro atoms. The Morgan fingerprint density at radius 1 is 1.20 bits per heavy atom. The van der Waals surface area contributed by atoms with Gasteiger partial charge in [0.25, 0.3) is 0 Å². The lowest BCUT2D eigenvalue weighted by Gasteiger charge is -2.15. The minimum absolute atomic E-state index is 0.180. The molecule has 112 valence electrons. The van der Waals surface area contributed by atoms with Gasteiger partial charge in [0.1, 0.15) is 11.5 Å². The van der Waals surface area contributed by atoms with Crippen molar-refractivity contribution in [1.29, 1.82) is 0 Å². The Bertz CT molecular complexity index is 446. The smallest absolute Gasteiger partial charge is 0.132 e. The number of aliphatic carboxylic acids is 1. The molecule has 0 radical (unpaired) electrons. The van der Waals surface area contributed by atoms with Crippen LogP contribution < -0.4 is 14.6 Å². The minimum Gasteiger partial charge on any atom is -0.550 e. The van der Waals surface area contributed by atoms with Gasteiger partial charge in [-0.15, -0.1) is 11.8 Å². The molecule has 0 saturated heterocycles. The fourth-order valence-electron chi connectivity index (χ4n) is 1.87. The number of hydrogen-bond donors (Lipinski definition) is 0. The number of thioether (sulfide) groups is 1. The van der Waals surface area contributed by atoms with E-state index in [0.29, 0.717) is 17.1 Å². The Morgan fingerprint density at radius 2 is 1.90 bits per heavy atom. The first-order valence-corrected chi connectivity index (χ1v) is 7.68. The molecule has 0 N–H and O–H groups in total. The normalized spacial score (nSPS) is 10.3. The van der Waals surface area contributed by atoms with E-state index in [1.165, 1.54) is 20.0 Å². The molecule has 0 aromatic heterocycles. The molecule has 0 atom stereocenters. The van der Waals surface area contributed by atoms with Gasteiger partial charge < -0.3 is 19.4 Å². The van der Waals surface area contributed by atoms with Crippen molar-refractivity contribution in [3.8, 4) is 11.5 Å². The van der Waals surface area contributed by atoms with Crippen molar-refractivity contribution in [3.63, 3.8) is 0 Å². The number of methoxy groups -OCH3 is 2. The van der Waals surface area contributed by atoms with Gasteiger partial charge in [0.05, 0.1) is 19.1 Å². The number of carboxylic acid groups (broad SMARTS) is 1. The SMILES string of the molecule is CCCCCSc1cc(OC)c(CC(=O)[O-])cc1OC. The quantitative estimate of drug-likeness (QED) is 0.517. The van der Waals surface area contributed by atoms with Gasteiger partial charge in [-0.3, -0.25) is 0 Å². The van der Waals surface area contributed by atoms with E-state index in [1.54, 1.807) is 24.9 Å². The van der Waals surface area contributed by atoms with Crippen molar-refractivity contribution in [1.82, 2.24) is 0 Å². The number of carbonyl (C=O) groups is 1. The van der Waals surface area contributed by atoms with Crippen molar-refractivity contribution >= 4 is 17.7 Å². The minimum atomic E-state index is -1.13. The van der Waals surface area contributed by atoms with Gasteiger partial charge >= 0.3 is 0 Å². The van der Waals surface area contributed by atoms with E-state index in [2.05, 4.69) is 6.92 Å². The summed E-state index contributed by atoms with van der Waals surface area (Å²) in [5.41, 5.74) is 0.572. The summed E-state index contributed by atoms with van der Waals surface area (Å²) in [4.78, 5) is 11.7. The molecule has 1 aromatic carbocycles. The molecule has 20 heavy (non-hydrogen) atoms. The number of hydrogen-bond acceptors (Lipinski definition) is 5. The van der Waals surface area contributed by atoms with Crippen LogP contribution in [-0.2, 0) is 11.2 Å². The third-order valence-corrected chi connectivity index (χ3v) is 4.03. The first-order valence-electron chi connectivity index (χ1n) is 6.69. The highest BCUT2D eigenvalue weighted by Gasteiger charge is 2.12. The third-order valence-electron chi connectivity index (χ3n) is 2.91. The number of carbonyl (C=O) groups excluding carboxylic acids is 1. The molecular formula is C15H21O4S-. The molecule has 0 aliphatic rings. The zero-order valence-corrected chi connectivity index (χ0v) is 13.0. The maximum atomic E-state index is 10.8. The number of ether oxygens (including phenoxy) is 2.